The van der Waals surface area contributed by atoms with E-state index in [9.17, 15) is 4.79 Å². The Morgan fingerprint density at radius 2 is 1.86 bits per heavy atom. The first-order valence-electron chi connectivity index (χ1n) is 7.60. The third kappa shape index (κ3) is 3.83. The second-order valence-electron chi connectivity index (χ2n) is 6.02. The number of nitrogens with two attached hydrogens (primary N) is 1. The van der Waals surface area contributed by atoms with Crippen molar-refractivity contribution in [3.63, 3.8) is 0 Å². The van der Waals surface area contributed by atoms with Gasteiger partial charge in [-0.2, -0.15) is 0 Å². The Kier molecular flexibility index (Phi) is 5.37. The molecule has 1 aliphatic rings. The number of carbonyl (C=O) groups is 1. The van der Waals surface area contributed by atoms with Crippen LogP contribution in [0.3, 0.4) is 0 Å². The van der Waals surface area contributed by atoms with Crippen molar-refractivity contribution in [1.29, 1.82) is 0 Å². The highest BCUT2D eigenvalue weighted by Gasteiger charge is 2.38. The molecule has 1 unspecified atom stereocenters. The molecule has 0 radical (unpaired) electrons. The van der Waals surface area contributed by atoms with Gasteiger partial charge in [0.2, 0.25) is 0 Å². The molecule has 1 aromatic rings. The number of carbonyl (C=O) groups excluding carboxylic acids is 1. The number of methoxy groups -OCH3 is 1. The zero-order valence-corrected chi connectivity index (χ0v) is 12.9. The van der Waals surface area contributed by atoms with Crippen molar-refractivity contribution >= 4 is 5.97 Å². The molecule has 1 aliphatic carbocycles. The Bertz CT molecular complexity index is 454. The first-order valence-corrected chi connectivity index (χ1v) is 7.60. The molecule has 0 aromatic heterocycles. The Hall–Kier alpha value is -1.39. The normalized spacial score (nSPS) is 25.1. The van der Waals surface area contributed by atoms with Crippen molar-refractivity contribution in [2.24, 2.45) is 11.7 Å². The smallest absolute Gasteiger partial charge is 0.332 e. The van der Waals surface area contributed by atoms with Crippen molar-refractivity contribution in [1.82, 2.24) is 0 Å². The summed E-state index contributed by atoms with van der Waals surface area (Å²) in [5.41, 5.74) is 5.80. The molecule has 116 valence electrons. The van der Waals surface area contributed by atoms with Crippen molar-refractivity contribution < 1.29 is 14.3 Å². The lowest BCUT2D eigenvalue weighted by Crippen LogP contribution is -2.50. The monoisotopic (exact) mass is 291 g/mol. The van der Waals surface area contributed by atoms with E-state index in [2.05, 4.69) is 6.92 Å². The summed E-state index contributed by atoms with van der Waals surface area (Å²) < 4.78 is 10.8. The Balaban J connectivity index is 2.05. The molecule has 2 N–H and O–H groups in total. The van der Waals surface area contributed by atoms with Gasteiger partial charge in [0.1, 0.15) is 0 Å². The Labute approximate surface area is 126 Å². The highest BCUT2D eigenvalue weighted by molar-refractivity contribution is 5.82. The maximum absolute atomic E-state index is 12.1. The molecule has 1 saturated carbocycles. The van der Waals surface area contributed by atoms with Gasteiger partial charge in [0.15, 0.2) is 5.54 Å². The average Bonchev–Trinajstić information content (AvgIpc) is 2.54. The van der Waals surface area contributed by atoms with Gasteiger partial charge in [0.25, 0.3) is 0 Å². The Morgan fingerprint density at radius 1 is 1.24 bits per heavy atom. The lowest BCUT2D eigenvalue weighted by Gasteiger charge is -2.31. The summed E-state index contributed by atoms with van der Waals surface area (Å²) in [5, 5.41) is 0. The van der Waals surface area contributed by atoms with E-state index in [1.807, 2.05) is 30.3 Å². The van der Waals surface area contributed by atoms with E-state index in [0.717, 1.165) is 24.3 Å². The summed E-state index contributed by atoms with van der Waals surface area (Å²) in [4.78, 5) is 12.1. The van der Waals surface area contributed by atoms with E-state index in [1.165, 1.54) is 20.0 Å². The van der Waals surface area contributed by atoms with E-state index in [-0.39, 0.29) is 12.7 Å². The summed E-state index contributed by atoms with van der Waals surface area (Å²) in [5.74, 6) is 0.306. The highest BCUT2D eigenvalue weighted by atomic mass is 16.5. The maximum atomic E-state index is 12.1. The molecule has 1 atom stereocenters. The molecule has 0 spiro atoms. The van der Waals surface area contributed by atoms with E-state index in [1.54, 1.807) is 0 Å². The first-order chi connectivity index (χ1) is 10.1. The van der Waals surface area contributed by atoms with E-state index in [4.69, 9.17) is 15.2 Å². The fourth-order valence-corrected chi connectivity index (χ4v) is 2.82. The fraction of sp³-hybridized carbons (Fsp3) is 0.588. The SMILES string of the molecule is COC(=O)C(N)(COC1CCC(C)CC1)c1ccccc1. The summed E-state index contributed by atoms with van der Waals surface area (Å²) in [6.07, 6.45) is 4.61. The van der Waals surface area contributed by atoms with Crippen LogP contribution < -0.4 is 5.73 Å². The summed E-state index contributed by atoms with van der Waals surface area (Å²) in [6, 6.07) is 9.29. The van der Waals surface area contributed by atoms with Gasteiger partial charge in [0, 0.05) is 0 Å². The van der Waals surface area contributed by atoms with Gasteiger partial charge < -0.3 is 15.2 Å². The average molecular weight is 291 g/mol. The van der Waals surface area contributed by atoms with E-state index in [0.29, 0.717) is 0 Å². The molecule has 0 bridgehead atoms. The summed E-state index contributed by atoms with van der Waals surface area (Å²) in [7, 11) is 1.36. The van der Waals surface area contributed by atoms with Crippen LogP contribution in [0.25, 0.3) is 0 Å². The molecule has 0 aliphatic heterocycles. The van der Waals surface area contributed by atoms with Crippen LogP contribution in [0.1, 0.15) is 38.2 Å². The van der Waals surface area contributed by atoms with E-state index < -0.39 is 11.5 Å². The van der Waals surface area contributed by atoms with E-state index >= 15 is 0 Å². The van der Waals surface area contributed by atoms with Crippen LogP contribution in [0.2, 0.25) is 0 Å². The maximum Gasteiger partial charge on any atom is 0.332 e. The second-order valence-corrected chi connectivity index (χ2v) is 6.02. The fourth-order valence-electron chi connectivity index (χ4n) is 2.82. The van der Waals surface area contributed by atoms with Crippen LogP contribution in [-0.4, -0.2) is 25.8 Å². The van der Waals surface area contributed by atoms with Crippen LogP contribution >= 0.6 is 0 Å². The predicted octanol–water partition coefficient (Wildman–Crippen LogP) is 2.61. The predicted molar refractivity (Wildman–Crippen MR) is 81.7 cm³/mol. The minimum atomic E-state index is -1.24. The van der Waals surface area contributed by atoms with Gasteiger partial charge in [-0.3, -0.25) is 0 Å². The first kappa shape index (κ1) is 16.0. The number of esters is 1. The van der Waals surface area contributed by atoms with Gasteiger partial charge in [0.05, 0.1) is 19.8 Å². The van der Waals surface area contributed by atoms with Gasteiger partial charge in [-0.1, -0.05) is 37.3 Å². The summed E-state index contributed by atoms with van der Waals surface area (Å²) in [6.45, 7) is 2.42. The molecule has 4 nitrogen and oxygen atoms in total. The molecular weight excluding hydrogens is 266 g/mol. The topological polar surface area (TPSA) is 61.5 Å². The van der Waals surface area contributed by atoms with Crippen LogP contribution in [0.15, 0.2) is 30.3 Å². The van der Waals surface area contributed by atoms with Crippen LogP contribution in [-0.2, 0) is 19.8 Å². The third-order valence-corrected chi connectivity index (χ3v) is 4.35. The molecule has 0 saturated heterocycles. The largest absolute Gasteiger partial charge is 0.467 e. The van der Waals surface area contributed by atoms with Gasteiger partial charge in [-0.05, 0) is 37.2 Å². The molecule has 0 heterocycles. The van der Waals surface area contributed by atoms with Crippen molar-refractivity contribution in [2.45, 2.75) is 44.2 Å². The van der Waals surface area contributed by atoms with Crippen molar-refractivity contribution in [3.05, 3.63) is 35.9 Å². The molecule has 1 aromatic carbocycles. The van der Waals surface area contributed by atoms with Gasteiger partial charge in [-0.15, -0.1) is 0 Å². The Morgan fingerprint density at radius 3 is 2.43 bits per heavy atom. The third-order valence-electron chi connectivity index (χ3n) is 4.35. The molecule has 4 heteroatoms. The lowest BCUT2D eigenvalue weighted by atomic mass is 9.88. The zero-order valence-electron chi connectivity index (χ0n) is 12.9. The number of benzene rings is 1. The zero-order chi connectivity index (χ0) is 15.3. The molecule has 21 heavy (non-hydrogen) atoms. The molecule has 2 rings (SSSR count). The minimum Gasteiger partial charge on any atom is -0.467 e. The number of hydrogen-bond acceptors (Lipinski definition) is 4. The van der Waals surface area contributed by atoms with Crippen molar-refractivity contribution in [2.75, 3.05) is 13.7 Å². The summed E-state index contributed by atoms with van der Waals surface area (Å²) >= 11 is 0. The highest BCUT2D eigenvalue weighted by Crippen LogP contribution is 2.28. The second kappa shape index (κ2) is 7.05. The molecular formula is C17H25NO3. The van der Waals surface area contributed by atoms with Crippen LogP contribution in [0.5, 0.6) is 0 Å². The quantitative estimate of drug-likeness (QED) is 0.847. The number of hydrogen-bond donors (Lipinski definition) is 1. The molecule has 0 amide bonds. The number of rotatable bonds is 5. The molecule has 1 fully saturated rings. The lowest BCUT2D eigenvalue weighted by molar-refractivity contribution is -0.151. The van der Waals surface area contributed by atoms with Crippen LogP contribution in [0.4, 0.5) is 0 Å². The minimum absolute atomic E-state index is 0.155. The van der Waals surface area contributed by atoms with Gasteiger partial charge >= 0.3 is 5.97 Å². The standard InChI is InChI=1S/C17H25NO3/c1-13-8-10-15(11-9-13)21-12-17(18,16(19)20-2)14-6-4-3-5-7-14/h3-7,13,15H,8-12,18H2,1-2H3. The van der Waals surface area contributed by atoms with Gasteiger partial charge in [-0.25, -0.2) is 4.79 Å². The number of ether oxygens (including phenoxy) is 2. The van der Waals surface area contributed by atoms with Crippen molar-refractivity contribution in [3.8, 4) is 0 Å². The van der Waals surface area contributed by atoms with Crippen LogP contribution in [0, 0.1) is 5.92 Å².